The van der Waals surface area contributed by atoms with Gasteiger partial charge >= 0.3 is 0 Å². The zero-order chi connectivity index (χ0) is 20.2. The number of carbonyl (C=O) groups is 2. The number of anilines is 1. The number of hydrogen-bond donors (Lipinski definition) is 1. The first-order chi connectivity index (χ1) is 14.1. The van der Waals surface area contributed by atoms with Crippen molar-refractivity contribution in [2.75, 3.05) is 11.9 Å². The molecule has 0 unspecified atom stereocenters. The molecule has 6 nitrogen and oxygen atoms in total. The Morgan fingerprint density at radius 2 is 2.07 bits per heavy atom. The van der Waals surface area contributed by atoms with Gasteiger partial charge in [-0.2, -0.15) is 0 Å². The van der Waals surface area contributed by atoms with Crippen LogP contribution in [0.4, 0.5) is 9.52 Å². The minimum atomic E-state index is -0.496. The van der Waals surface area contributed by atoms with Crippen LogP contribution >= 0.6 is 34.4 Å². The molecule has 10 heteroatoms. The van der Waals surface area contributed by atoms with Crippen LogP contribution in [0.25, 0.3) is 0 Å². The summed E-state index contributed by atoms with van der Waals surface area (Å²) in [6.07, 6.45) is 1.43. The molecule has 1 aliphatic rings. The van der Waals surface area contributed by atoms with Crippen LogP contribution in [-0.4, -0.2) is 39.5 Å². The molecule has 0 spiro atoms. The van der Waals surface area contributed by atoms with E-state index in [-0.39, 0.29) is 17.6 Å². The van der Waals surface area contributed by atoms with E-state index in [0.717, 1.165) is 12.0 Å². The summed E-state index contributed by atoms with van der Waals surface area (Å²) in [4.78, 5) is 27.6. The lowest BCUT2D eigenvalue weighted by Gasteiger charge is -2.22. The van der Waals surface area contributed by atoms with Crippen molar-refractivity contribution in [3.63, 3.8) is 0 Å². The second-order valence-electron chi connectivity index (χ2n) is 6.41. The van der Waals surface area contributed by atoms with Gasteiger partial charge in [0.2, 0.25) is 11.0 Å². The summed E-state index contributed by atoms with van der Waals surface area (Å²) < 4.78 is 13.7. The van der Waals surface area contributed by atoms with Crippen molar-refractivity contribution in [1.82, 2.24) is 15.1 Å². The summed E-state index contributed by atoms with van der Waals surface area (Å²) >= 11 is 4.13. The highest BCUT2D eigenvalue weighted by atomic mass is 32.2. The molecule has 3 heterocycles. The summed E-state index contributed by atoms with van der Waals surface area (Å²) in [5, 5.41) is 13.2. The number of hydrogen-bond acceptors (Lipinski definition) is 7. The number of nitrogens with zero attached hydrogens (tertiary/aromatic N) is 3. The molecule has 29 heavy (non-hydrogen) atoms. The Labute approximate surface area is 179 Å². The number of amides is 2. The zero-order valence-electron chi connectivity index (χ0n) is 15.2. The van der Waals surface area contributed by atoms with E-state index in [9.17, 15) is 14.0 Å². The monoisotopic (exact) mass is 448 g/mol. The van der Waals surface area contributed by atoms with Crippen molar-refractivity contribution in [3.05, 3.63) is 58.0 Å². The van der Waals surface area contributed by atoms with E-state index in [2.05, 4.69) is 15.5 Å². The predicted molar refractivity (Wildman–Crippen MR) is 113 cm³/mol. The van der Waals surface area contributed by atoms with E-state index < -0.39 is 6.04 Å². The second-order valence-corrected chi connectivity index (χ2v) is 9.56. The lowest BCUT2D eigenvalue weighted by atomic mass is 10.2. The second kappa shape index (κ2) is 9.02. The molecule has 0 saturated carbocycles. The molecule has 4 rings (SSSR count). The van der Waals surface area contributed by atoms with Crippen molar-refractivity contribution < 1.29 is 14.0 Å². The van der Waals surface area contributed by atoms with Crippen molar-refractivity contribution in [2.45, 2.75) is 29.0 Å². The Kier molecular flexibility index (Phi) is 6.22. The smallest absolute Gasteiger partial charge is 0.264 e. The molecule has 1 atom stereocenters. The van der Waals surface area contributed by atoms with Gasteiger partial charge in [0, 0.05) is 12.3 Å². The lowest BCUT2D eigenvalue weighted by molar-refractivity contribution is -0.119. The summed E-state index contributed by atoms with van der Waals surface area (Å²) in [5.41, 5.74) is 0.978. The van der Waals surface area contributed by atoms with Crippen molar-refractivity contribution in [1.29, 1.82) is 0 Å². The molecule has 0 bridgehead atoms. The van der Waals surface area contributed by atoms with Gasteiger partial charge in [-0.1, -0.05) is 41.3 Å². The van der Waals surface area contributed by atoms with Crippen molar-refractivity contribution >= 4 is 51.4 Å². The van der Waals surface area contributed by atoms with Crippen molar-refractivity contribution in [2.24, 2.45) is 0 Å². The standard InChI is InChI=1S/C19H17FN4O2S3/c20-13-7-5-12(6-8-13)11-28-19-23-22-18(29-19)21-16(25)14-3-1-9-24(14)17(26)15-4-2-10-27-15/h2,4-8,10,14H,1,3,9,11H2,(H,21,22,25)/t14-/m0/s1. The quantitative estimate of drug-likeness (QED) is 0.450. The van der Waals surface area contributed by atoms with Gasteiger partial charge in [0.05, 0.1) is 4.88 Å². The van der Waals surface area contributed by atoms with Crippen LogP contribution in [0.1, 0.15) is 28.1 Å². The van der Waals surface area contributed by atoms with Crippen LogP contribution in [-0.2, 0) is 10.5 Å². The van der Waals surface area contributed by atoms with Crippen LogP contribution in [0.3, 0.4) is 0 Å². The van der Waals surface area contributed by atoms with E-state index in [1.54, 1.807) is 23.1 Å². The van der Waals surface area contributed by atoms with Gasteiger partial charge in [-0.25, -0.2) is 4.39 Å². The first kappa shape index (κ1) is 20.0. The molecule has 3 aromatic rings. The predicted octanol–water partition coefficient (Wildman–Crippen LogP) is 4.27. The number of benzene rings is 1. The SMILES string of the molecule is O=C(Nc1nnc(SCc2ccc(F)cc2)s1)[C@@H]1CCCN1C(=O)c1cccs1. The average Bonchev–Trinajstić information content (AvgIpc) is 3.48. The molecule has 1 N–H and O–H groups in total. The largest absolute Gasteiger partial charge is 0.326 e. The number of likely N-dealkylation sites (tertiary alicyclic amines) is 1. The molecule has 2 amide bonds. The first-order valence-electron chi connectivity index (χ1n) is 8.96. The van der Waals surface area contributed by atoms with Gasteiger partial charge in [0.15, 0.2) is 4.34 Å². The molecule has 1 aromatic carbocycles. The molecular weight excluding hydrogens is 431 g/mol. The summed E-state index contributed by atoms with van der Waals surface area (Å²) in [5.74, 6) is 0.0245. The van der Waals surface area contributed by atoms with Crippen LogP contribution < -0.4 is 5.32 Å². The number of thiophene rings is 1. The van der Waals surface area contributed by atoms with E-state index in [0.29, 0.717) is 33.1 Å². The highest BCUT2D eigenvalue weighted by Crippen LogP contribution is 2.29. The van der Waals surface area contributed by atoms with E-state index in [4.69, 9.17) is 0 Å². The van der Waals surface area contributed by atoms with Crippen LogP contribution in [0, 0.1) is 5.82 Å². The maximum atomic E-state index is 13.0. The molecule has 1 saturated heterocycles. The Morgan fingerprint density at radius 3 is 2.83 bits per heavy atom. The number of nitrogens with one attached hydrogen (secondary N) is 1. The fourth-order valence-corrected chi connectivity index (χ4v) is 5.45. The maximum Gasteiger partial charge on any atom is 0.264 e. The number of thioether (sulfide) groups is 1. The zero-order valence-corrected chi connectivity index (χ0v) is 17.7. The molecule has 2 aromatic heterocycles. The maximum absolute atomic E-state index is 13.0. The molecule has 150 valence electrons. The molecule has 1 fully saturated rings. The minimum Gasteiger partial charge on any atom is -0.326 e. The molecular formula is C19H17FN4O2S3. The van der Waals surface area contributed by atoms with E-state index >= 15 is 0 Å². The van der Waals surface area contributed by atoms with Crippen LogP contribution in [0.15, 0.2) is 46.1 Å². The summed E-state index contributed by atoms with van der Waals surface area (Å²) in [6, 6.07) is 9.41. The van der Waals surface area contributed by atoms with Gasteiger partial charge in [-0.3, -0.25) is 14.9 Å². The molecule has 0 radical (unpaired) electrons. The van der Waals surface area contributed by atoms with Gasteiger partial charge in [-0.15, -0.1) is 21.5 Å². The summed E-state index contributed by atoms with van der Waals surface area (Å²) in [7, 11) is 0. The topological polar surface area (TPSA) is 75.2 Å². The number of aromatic nitrogens is 2. The fraction of sp³-hybridized carbons (Fsp3) is 0.263. The third-order valence-corrected chi connectivity index (χ3v) is 7.36. The van der Waals surface area contributed by atoms with Crippen LogP contribution in [0.2, 0.25) is 0 Å². The average molecular weight is 449 g/mol. The Balaban J connectivity index is 1.34. The van der Waals surface area contributed by atoms with Gasteiger partial charge in [0.25, 0.3) is 5.91 Å². The van der Waals surface area contributed by atoms with E-state index in [1.807, 2.05) is 11.4 Å². The van der Waals surface area contributed by atoms with Gasteiger partial charge < -0.3 is 4.90 Å². The van der Waals surface area contributed by atoms with Crippen molar-refractivity contribution in [3.8, 4) is 0 Å². The highest BCUT2D eigenvalue weighted by Gasteiger charge is 2.35. The Bertz CT molecular complexity index is 991. The van der Waals surface area contributed by atoms with Gasteiger partial charge in [0.1, 0.15) is 11.9 Å². The number of halogens is 1. The minimum absolute atomic E-state index is 0.106. The molecule has 1 aliphatic heterocycles. The third-order valence-electron chi connectivity index (χ3n) is 4.46. The molecule has 0 aliphatic carbocycles. The third kappa shape index (κ3) is 4.82. The fourth-order valence-electron chi connectivity index (χ4n) is 3.06. The Hall–Kier alpha value is -2.30. The highest BCUT2D eigenvalue weighted by molar-refractivity contribution is 8.00. The lowest BCUT2D eigenvalue weighted by Crippen LogP contribution is -2.42. The van der Waals surface area contributed by atoms with E-state index in [1.165, 1.54) is 46.6 Å². The Morgan fingerprint density at radius 1 is 1.24 bits per heavy atom. The number of rotatable bonds is 6. The first-order valence-corrected chi connectivity index (χ1v) is 11.6. The van der Waals surface area contributed by atoms with Gasteiger partial charge in [-0.05, 0) is 42.0 Å². The summed E-state index contributed by atoms with van der Waals surface area (Å²) in [6.45, 7) is 0.573. The number of carbonyl (C=O) groups excluding carboxylic acids is 2. The normalized spacial score (nSPS) is 16.2. The van der Waals surface area contributed by atoms with Crippen LogP contribution in [0.5, 0.6) is 0 Å².